The molecule has 0 aromatic heterocycles. The topological polar surface area (TPSA) is 93.7 Å². The van der Waals surface area contributed by atoms with Crippen LogP contribution in [0, 0.1) is 5.92 Å². The number of carbonyl (C=O) groups excluding carboxylic acids is 1. The zero-order valence-corrected chi connectivity index (χ0v) is 13.3. The van der Waals surface area contributed by atoms with Gasteiger partial charge in [-0.3, -0.25) is 0 Å². The van der Waals surface area contributed by atoms with E-state index in [0.29, 0.717) is 12.3 Å². The maximum Gasteiger partial charge on any atom is 0.328 e. The van der Waals surface area contributed by atoms with Crippen molar-refractivity contribution >= 4 is 16.1 Å². The van der Waals surface area contributed by atoms with Gasteiger partial charge in [-0.25, -0.2) is 17.9 Å². The van der Waals surface area contributed by atoms with E-state index in [1.165, 1.54) is 32.4 Å². The average molecular weight is 316 g/mol. The van der Waals surface area contributed by atoms with E-state index in [4.69, 9.17) is 9.47 Å². The first-order valence-corrected chi connectivity index (χ1v) is 7.81. The van der Waals surface area contributed by atoms with E-state index < -0.39 is 16.1 Å². The number of nitrogens with one attached hydrogen (secondary N) is 2. The lowest BCUT2D eigenvalue weighted by atomic mass is 10.2. The molecule has 118 valence electrons. The van der Waals surface area contributed by atoms with Gasteiger partial charge in [-0.15, -0.1) is 0 Å². The molecular weight excluding hydrogens is 296 g/mol. The molecule has 21 heavy (non-hydrogen) atoms. The number of benzene rings is 1. The summed E-state index contributed by atoms with van der Waals surface area (Å²) >= 11 is 0. The molecule has 2 amide bonds. The molecule has 0 radical (unpaired) electrons. The van der Waals surface area contributed by atoms with Gasteiger partial charge in [-0.05, 0) is 18.1 Å². The normalized spacial score (nSPS) is 11.1. The Labute approximate surface area is 124 Å². The van der Waals surface area contributed by atoms with Crippen molar-refractivity contribution in [2.45, 2.75) is 18.7 Å². The fraction of sp³-hybridized carbons (Fsp3) is 0.462. The predicted octanol–water partition coefficient (Wildman–Crippen LogP) is 1.35. The Hall–Kier alpha value is -1.96. The molecule has 0 aliphatic heterocycles. The fourth-order valence-corrected chi connectivity index (χ4v) is 2.44. The van der Waals surface area contributed by atoms with E-state index in [1.807, 2.05) is 18.6 Å². The summed E-state index contributed by atoms with van der Waals surface area (Å²) in [6.45, 7) is 4.19. The molecule has 0 bridgehead atoms. The number of urea groups is 1. The predicted molar refractivity (Wildman–Crippen MR) is 78.1 cm³/mol. The highest BCUT2D eigenvalue weighted by atomic mass is 32.2. The van der Waals surface area contributed by atoms with Crippen LogP contribution in [0.15, 0.2) is 23.1 Å². The molecule has 0 aliphatic rings. The fourth-order valence-electron chi connectivity index (χ4n) is 1.50. The first-order chi connectivity index (χ1) is 9.80. The summed E-state index contributed by atoms with van der Waals surface area (Å²) in [5, 5.41) is 2.47. The van der Waals surface area contributed by atoms with E-state index in [0.717, 1.165) is 0 Å². The zero-order valence-electron chi connectivity index (χ0n) is 12.5. The van der Waals surface area contributed by atoms with Crippen LogP contribution in [0.4, 0.5) is 4.79 Å². The zero-order chi connectivity index (χ0) is 16.0. The lowest BCUT2D eigenvalue weighted by Gasteiger charge is -2.12. The van der Waals surface area contributed by atoms with Gasteiger partial charge in [-0.1, -0.05) is 13.8 Å². The summed E-state index contributed by atoms with van der Waals surface area (Å²) in [6, 6.07) is 3.31. The van der Waals surface area contributed by atoms with Crippen LogP contribution < -0.4 is 19.5 Å². The molecule has 1 aromatic carbocycles. The smallest absolute Gasteiger partial charge is 0.328 e. The number of carbonyl (C=O) groups is 1. The van der Waals surface area contributed by atoms with Crippen LogP contribution in [0.2, 0.25) is 0 Å². The molecule has 1 rings (SSSR count). The quantitative estimate of drug-likeness (QED) is 0.826. The van der Waals surface area contributed by atoms with Crippen LogP contribution in [0.25, 0.3) is 0 Å². The summed E-state index contributed by atoms with van der Waals surface area (Å²) < 4.78 is 36.2. The van der Waals surface area contributed by atoms with Crippen LogP contribution in [-0.4, -0.2) is 35.2 Å². The van der Waals surface area contributed by atoms with Crippen LogP contribution in [-0.2, 0) is 10.0 Å². The van der Waals surface area contributed by atoms with E-state index in [9.17, 15) is 13.2 Å². The van der Waals surface area contributed by atoms with Crippen molar-refractivity contribution in [3.8, 4) is 11.5 Å². The van der Waals surface area contributed by atoms with Gasteiger partial charge in [-0.2, -0.15) is 0 Å². The first kappa shape index (κ1) is 17.1. The summed E-state index contributed by atoms with van der Waals surface area (Å²) in [5.41, 5.74) is 0. The number of ether oxygens (including phenoxy) is 2. The average Bonchev–Trinajstić information content (AvgIpc) is 2.43. The third-order valence-corrected chi connectivity index (χ3v) is 3.89. The highest BCUT2D eigenvalue weighted by molar-refractivity contribution is 7.90. The van der Waals surface area contributed by atoms with Crippen LogP contribution >= 0.6 is 0 Å². The maximum absolute atomic E-state index is 12.1. The maximum atomic E-state index is 12.1. The Balaban J connectivity index is 2.90. The molecular formula is C13H20N2O5S. The largest absolute Gasteiger partial charge is 0.493 e. The second-order valence-corrected chi connectivity index (χ2v) is 6.41. The summed E-state index contributed by atoms with van der Waals surface area (Å²) in [7, 11) is -1.11. The Morgan fingerprint density at radius 1 is 1.19 bits per heavy atom. The van der Waals surface area contributed by atoms with Gasteiger partial charge in [0.25, 0.3) is 10.0 Å². The van der Waals surface area contributed by atoms with Crippen molar-refractivity contribution in [3.63, 3.8) is 0 Å². The SMILES string of the molecule is COc1ccc(S(=O)(=O)NC(=O)NCC(C)C)cc1OC. The van der Waals surface area contributed by atoms with Crippen molar-refractivity contribution in [1.82, 2.24) is 10.0 Å². The Bertz CT molecular complexity index is 599. The van der Waals surface area contributed by atoms with E-state index in [-0.39, 0.29) is 16.6 Å². The summed E-state index contributed by atoms with van der Waals surface area (Å²) in [6.07, 6.45) is 0. The molecule has 0 spiro atoms. The third-order valence-electron chi connectivity index (χ3n) is 2.56. The van der Waals surface area contributed by atoms with Gasteiger partial charge in [0.05, 0.1) is 19.1 Å². The molecule has 0 saturated heterocycles. The Morgan fingerprint density at radius 2 is 1.81 bits per heavy atom. The van der Waals surface area contributed by atoms with Gasteiger partial charge >= 0.3 is 6.03 Å². The second-order valence-electron chi connectivity index (χ2n) is 4.73. The van der Waals surface area contributed by atoms with Crippen LogP contribution in [0.1, 0.15) is 13.8 Å². The van der Waals surface area contributed by atoms with Crippen molar-refractivity contribution in [2.75, 3.05) is 20.8 Å². The minimum atomic E-state index is -3.96. The minimum absolute atomic E-state index is 0.0835. The van der Waals surface area contributed by atoms with Gasteiger partial charge in [0.15, 0.2) is 11.5 Å². The molecule has 0 fully saturated rings. The monoisotopic (exact) mass is 316 g/mol. The van der Waals surface area contributed by atoms with Gasteiger partial charge in [0.1, 0.15) is 0 Å². The second kappa shape index (κ2) is 7.16. The standard InChI is InChI=1S/C13H20N2O5S/c1-9(2)8-14-13(16)15-21(17,18)10-5-6-11(19-3)12(7-10)20-4/h5-7,9H,8H2,1-4H3,(H2,14,15,16). The number of methoxy groups -OCH3 is 2. The number of hydrogen-bond acceptors (Lipinski definition) is 5. The van der Waals surface area contributed by atoms with Crippen molar-refractivity contribution in [3.05, 3.63) is 18.2 Å². The van der Waals surface area contributed by atoms with E-state index in [2.05, 4.69) is 5.32 Å². The molecule has 2 N–H and O–H groups in total. The van der Waals surface area contributed by atoms with Crippen molar-refractivity contribution < 1.29 is 22.7 Å². The molecule has 0 aliphatic carbocycles. The number of rotatable bonds is 6. The molecule has 7 nitrogen and oxygen atoms in total. The molecule has 0 saturated carbocycles. The third kappa shape index (κ3) is 4.82. The van der Waals surface area contributed by atoms with Gasteiger partial charge in [0.2, 0.25) is 0 Å². The summed E-state index contributed by atoms with van der Waals surface area (Å²) in [5.74, 6) is 0.892. The molecule has 0 atom stereocenters. The molecule has 0 heterocycles. The summed E-state index contributed by atoms with van der Waals surface area (Å²) in [4.78, 5) is 11.5. The van der Waals surface area contributed by atoms with E-state index in [1.54, 1.807) is 0 Å². The lowest BCUT2D eigenvalue weighted by molar-refractivity contribution is 0.244. The molecule has 8 heteroatoms. The number of sulfonamides is 1. The van der Waals surface area contributed by atoms with Crippen molar-refractivity contribution in [1.29, 1.82) is 0 Å². The lowest BCUT2D eigenvalue weighted by Crippen LogP contribution is -2.40. The molecule has 0 unspecified atom stereocenters. The Morgan fingerprint density at radius 3 is 2.33 bits per heavy atom. The van der Waals surface area contributed by atoms with Crippen LogP contribution in [0.5, 0.6) is 11.5 Å². The van der Waals surface area contributed by atoms with Crippen molar-refractivity contribution in [2.24, 2.45) is 5.92 Å². The highest BCUT2D eigenvalue weighted by Gasteiger charge is 2.19. The number of amides is 2. The van der Waals surface area contributed by atoms with Gasteiger partial charge < -0.3 is 14.8 Å². The Kier molecular flexibility index (Phi) is 5.83. The van der Waals surface area contributed by atoms with Gasteiger partial charge in [0, 0.05) is 12.6 Å². The first-order valence-electron chi connectivity index (χ1n) is 6.32. The minimum Gasteiger partial charge on any atom is -0.493 e. The molecule has 1 aromatic rings. The highest BCUT2D eigenvalue weighted by Crippen LogP contribution is 2.29. The van der Waals surface area contributed by atoms with Crippen LogP contribution in [0.3, 0.4) is 0 Å². The number of hydrogen-bond donors (Lipinski definition) is 2. The van der Waals surface area contributed by atoms with E-state index >= 15 is 0 Å².